The Morgan fingerprint density at radius 1 is 1.22 bits per heavy atom. The number of aryl methyl sites for hydroxylation is 2. The summed E-state index contributed by atoms with van der Waals surface area (Å²) in [5.74, 6) is -0.458. The molecule has 3 rings (SSSR count). The number of benzene rings is 1. The topological polar surface area (TPSA) is 75.4 Å². The maximum atomic E-state index is 12.7. The summed E-state index contributed by atoms with van der Waals surface area (Å²) < 4.78 is 1.87. The van der Waals surface area contributed by atoms with Gasteiger partial charge in [-0.2, -0.15) is 5.10 Å². The van der Waals surface area contributed by atoms with Crippen LogP contribution in [0.3, 0.4) is 0 Å². The Morgan fingerprint density at radius 2 is 1.93 bits per heavy atom. The molecule has 0 aliphatic carbocycles. The van der Waals surface area contributed by atoms with Crippen molar-refractivity contribution in [2.45, 2.75) is 45.4 Å². The van der Waals surface area contributed by atoms with Gasteiger partial charge in [-0.1, -0.05) is 12.1 Å². The van der Waals surface area contributed by atoms with Gasteiger partial charge in [0.05, 0.1) is 11.3 Å². The first-order chi connectivity index (χ1) is 12.9. The number of carboxylic acids is 1. The second kappa shape index (κ2) is 7.94. The van der Waals surface area contributed by atoms with Gasteiger partial charge in [-0.15, -0.1) is 0 Å². The van der Waals surface area contributed by atoms with E-state index in [-0.39, 0.29) is 11.8 Å². The summed E-state index contributed by atoms with van der Waals surface area (Å²) in [5, 5.41) is 13.5. The zero-order valence-corrected chi connectivity index (χ0v) is 16.2. The van der Waals surface area contributed by atoms with Gasteiger partial charge in [-0.3, -0.25) is 9.48 Å². The highest BCUT2D eigenvalue weighted by molar-refractivity contribution is 5.87. The first kappa shape index (κ1) is 19.1. The fraction of sp³-hybridized carbons (Fsp3) is 0.476. The van der Waals surface area contributed by atoms with Crippen molar-refractivity contribution >= 4 is 11.9 Å². The molecule has 0 spiro atoms. The average Bonchev–Trinajstić information content (AvgIpc) is 2.91. The van der Waals surface area contributed by atoms with Crippen molar-refractivity contribution in [3.8, 4) is 0 Å². The van der Waals surface area contributed by atoms with E-state index in [4.69, 9.17) is 5.11 Å². The zero-order chi connectivity index (χ0) is 19.6. The lowest BCUT2D eigenvalue weighted by Crippen LogP contribution is -2.39. The van der Waals surface area contributed by atoms with Gasteiger partial charge in [-0.05, 0) is 56.4 Å². The largest absolute Gasteiger partial charge is 0.478 e. The molecule has 1 atom stereocenters. The number of amides is 1. The van der Waals surface area contributed by atoms with Gasteiger partial charge in [0.1, 0.15) is 0 Å². The van der Waals surface area contributed by atoms with Crippen molar-refractivity contribution in [3.05, 3.63) is 52.3 Å². The van der Waals surface area contributed by atoms with Crippen molar-refractivity contribution in [2.75, 3.05) is 13.1 Å². The molecule has 1 aromatic heterocycles. The fourth-order valence-corrected chi connectivity index (χ4v) is 3.94. The molecule has 2 heterocycles. The van der Waals surface area contributed by atoms with Crippen LogP contribution in [0, 0.1) is 13.8 Å². The van der Waals surface area contributed by atoms with E-state index in [9.17, 15) is 9.59 Å². The molecule has 1 aromatic carbocycles. The van der Waals surface area contributed by atoms with Crippen LogP contribution < -0.4 is 0 Å². The molecule has 1 aliphatic heterocycles. The lowest BCUT2D eigenvalue weighted by Gasteiger charge is -2.33. The number of carbonyl (C=O) groups is 2. The standard InChI is InChI=1S/C21H27N3O3/c1-14-19(15(2)23(3)22-14)10-11-20(25)24-12-4-5-18(13-24)16-6-8-17(9-7-16)21(26)27/h6-9,18H,4-5,10-13H2,1-3H3,(H,26,27). The molecule has 1 fully saturated rings. The first-order valence-electron chi connectivity index (χ1n) is 9.47. The van der Waals surface area contributed by atoms with Crippen molar-refractivity contribution in [3.63, 3.8) is 0 Å². The van der Waals surface area contributed by atoms with Gasteiger partial charge in [0, 0.05) is 38.2 Å². The highest BCUT2D eigenvalue weighted by Gasteiger charge is 2.25. The molecule has 0 radical (unpaired) electrons. The number of likely N-dealkylation sites (tertiary alicyclic amines) is 1. The van der Waals surface area contributed by atoms with E-state index in [0.717, 1.165) is 42.8 Å². The molecule has 1 N–H and O–H groups in total. The highest BCUT2D eigenvalue weighted by atomic mass is 16.4. The second-order valence-electron chi connectivity index (χ2n) is 7.38. The van der Waals surface area contributed by atoms with E-state index in [2.05, 4.69) is 5.10 Å². The van der Waals surface area contributed by atoms with Gasteiger partial charge in [-0.25, -0.2) is 4.79 Å². The predicted octanol–water partition coefficient (Wildman–Crippen LogP) is 3.07. The SMILES string of the molecule is Cc1nn(C)c(C)c1CCC(=O)N1CCCC(c2ccc(C(=O)O)cc2)C1. The Hall–Kier alpha value is -2.63. The first-order valence-corrected chi connectivity index (χ1v) is 9.47. The number of rotatable bonds is 5. The molecule has 1 aliphatic rings. The molecule has 6 nitrogen and oxygen atoms in total. The molecule has 144 valence electrons. The number of hydrogen-bond acceptors (Lipinski definition) is 3. The van der Waals surface area contributed by atoms with Gasteiger partial charge < -0.3 is 10.0 Å². The van der Waals surface area contributed by atoms with E-state index in [1.54, 1.807) is 12.1 Å². The maximum absolute atomic E-state index is 12.7. The molecule has 1 amide bonds. The van der Waals surface area contributed by atoms with Crippen LogP contribution in [0.4, 0.5) is 0 Å². The lowest BCUT2D eigenvalue weighted by molar-refractivity contribution is -0.132. The number of piperidine rings is 1. The summed E-state index contributed by atoms with van der Waals surface area (Å²) in [6.07, 6.45) is 3.22. The molecule has 0 bridgehead atoms. The van der Waals surface area contributed by atoms with Crippen LogP contribution in [-0.2, 0) is 18.3 Å². The summed E-state index contributed by atoms with van der Waals surface area (Å²) in [7, 11) is 1.93. The Bertz CT molecular complexity index is 839. The molecule has 2 aromatic rings. The average molecular weight is 369 g/mol. The minimum atomic E-state index is -0.914. The van der Waals surface area contributed by atoms with E-state index < -0.39 is 5.97 Å². The molecule has 0 saturated carbocycles. The third kappa shape index (κ3) is 4.21. The van der Waals surface area contributed by atoms with Gasteiger partial charge in [0.15, 0.2) is 0 Å². The summed E-state index contributed by atoms with van der Waals surface area (Å²) >= 11 is 0. The van der Waals surface area contributed by atoms with E-state index >= 15 is 0 Å². The molecule has 1 saturated heterocycles. The Labute approximate surface area is 159 Å². The van der Waals surface area contributed by atoms with Crippen LogP contribution in [0.25, 0.3) is 0 Å². The number of hydrogen-bond donors (Lipinski definition) is 1. The molecular formula is C21H27N3O3. The highest BCUT2D eigenvalue weighted by Crippen LogP contribution is 2.28. The number of carbonyl (C=O) groups excluding carboxylic acids is 1. The van der Waals surface area contributed by atoms with E-state index in [1.165, 1.54) is 5.56 Å². The second-order valence-corrected chi connectivity index (χ2v) is 7.38. The number of aromatic nitrogens is 2. The summed E-state index contributed by atoms with van der Waals surface area (Å²) in [6, 6.07) is 7.05. The Kier molecular flexibility index (Phi) is 5.63. The molecule has 1 unspecified atom stereocenters. The molecular weight excluding hydrogens is 342 g/mol. The Morgan fingerprint density at radius 3 is 2.52 bits per heavy atom. The van der Waals surface area contributed by atoms with E-state index in [0.29, 0.717) is 18.5 Å². The Balaban J connectivity index is 1.61. The molecule has 27 heavy (non-hydrogen) atoms. The van der Waals surface area contributed by atoms with Gasteiger partial charge >= 0.3 is 5.97 Å². The van der Waals surface area contributed by atoms with Crippen LogP contribution in [0.1, 0.15) is 58.1 Å². The summed E-state index contributed by atoms with van der Waals surface area (Å²) in [4.78, 5) is 25.7. The van der Waals surface area contributed by atoms with Crippen molar-refractivity contribution < 1.29 is 14.7 Å². The van der Waals surface area contributed by atoms with Crippen molar-refractivity contribution in [1.82, 2.24) is 14.7 Å². The number of aromatic carboxylic acids is 1. The van der Waals surface area contributed by atoms with Crippen LogP contribution in [-0.4, -0.2) is 44.8 Å². The van der Waals surface area contributed by atoms with E-state index in [1.807, 2.05) is 42.6 Å². The van der Waals surface area contributed by atoms with Crippen molar-refractivity contribution in [2.24, 2.45) is 7.05 Å². The number of nitrogens with zero attached hydrogens (tertiary/aromatic N) is 3. The van der Waals surface area contributed by atoms with Crippen LogP contribution in [0.15, 0.2) is 24.3 Å². The van der Waals surface area contributed by atoms with Crippen LogP contribution >= 0.6 is 0 Å². The van der Waals surface area contributed by atoms with Crippen LogP contribution in [0.2, 0.25) is 0 Å². The minimum absolute atomic E-state index is 0.185. The smallest absolute Gasteiger partial charge is 0.335 e. The van der Waals surface area contributed by atoms with Crippen molar-refractivity contribution in [1.29, 1.82) is 0 Å². The molecule has 6 heteroatoms. The maximum Gasteiger partial charge on any atom is 0.335 e. The normalized spacial score (nSPS) is 17.1. The van der Waals surface area contributed by atoms with Gasteiger partial charge in [0.2, 0.25) is 5.91 Å². The predicted molar refractivity (Wildman–Crippen MR) is 103 cm³/mol. The zero-order valence-electron chi connectivity index (χ0n) is 16.2. The fourth-order valence-electron chi connectivity index (χ4n) is 3.94. The van der Waals surface area contributed by atoms with Gasteiger partial charge in [0.25, 0.3) is 0 Å². The quantitative estimate of drug-likeness (QED) is 0.879. The monoisotopic (exact) mass is 369 g/mol. The third-order valence-electron chi connectivity index (χ3n) is 5.65. The summed E-state index contributed by atoms with van der Waals surface area (Å²) in [6.45, 7) is 5.53. The summed E-state index contributed by atoms with van der Waals surface area (Å²) in [5.41, 5.74) is 4.69. The minimum Gasteiger partial charge on any atom is -0.478 e. The third-order valence-corrected chi connectivity index (χ3v) is 5.65. The number of carboxylic acid groups (broad SMARTS) is 1. The lowest BCUT2D eigenvalue weighted by atomic mass is 9.90. The van der Waals surface area contributed by atoms with Crippen LogP contribution in [0.5, 0.6) is 0 Å².